The van der Waals surface area contributed by atoms with Crippen molar-refractivity contribution in [2.45, 2.75) is 29.4 Å². The number of benzene rings is 3. The summed E-state index contributed by atoms with van der Waals surface area (Å²) in [5, 5.41) is 12.1. The molecule has 0 bridgehead atoms. The summed E-state index contributed by atoms with van der Waals surface area (Å²) in [6, 6.07) is 19.9. The standard InChI is InChI=1S/C24H25NO6S/c1-17(26)15-25-24(27)20-13-22(31-16-18-9-5-3-6-10-18)21(30-2)14-23(20)32(28,29)19-11-7-4-8-12-19/h3-14,17,26H,15-16H2,1-2H3,(H,25,27). The summed E-state index contributed by atoms with van der Waals surface area (Å²) in [5.41, 5.74) is 0.800. The Balaban J connectivity index is 2.07. The number of amides is 1. The van der Waals surface area contributed by atoms with Gasteiger partial charge >= 0.3 is 0 Å². The molecule has 1 atom stereocenters. The number of methoxy groups -OCH3 is 1. The van der Waals surface area contributed by atoms with Crippen molar-refractivity contribution >= 4 is 15.7 Å². The van der Waals surface area contributed by atoms with Crippen LogP contribution in [0.3, 0.4) is 0 Å². The van der Waals surface area contributed by atoms with Crippen LogP contribution in [0.4, 0.5) is 0 Å². The Hall–Kier alpha value is -3.36. The first kappa shape index (κ1) is 23.3. The first-order chi connectivity index (χ1) is 15.3. The molecule has 0 aliphatic heterocycles. The Morgan fingerprint density at radius 3 is 2.22 bits per heavy atom. The number of hydrogen-bond donors (Lipinski definition) is 2. The van der Waals surface area contributed by atoms with Crippen LogP contribution in [0.2, 0.25) is 0 Å². The molecule has 7 nitrogen and oxygen atoms in total. The number of aliphatic hydroxyl groups excluding tert-OH is 1. The normalized spacial score (nSPS) is 12.1. The second kappa shape index (κ2) is 10.3. The first-order valence-corrected chi connectivity index (χ1v) is 11.5. The van der Waals surface area contributed by atoms with E-state index in [2.05, 4.69) is 5.32 Å². The van der Waals surface area contributed by atoms with Gasteiger partial charge in [-0.2, -0.15) is 0 Å². The van der Waals surface area contributed by atoms with Crippen molar-refractivity contribution in [2.24, 2.45) is 0 Å². The lowest BCUT2D eigenvalue weighted by atomic mass is 10.1. The van der Waals surface area contributed by atoms with E-state index in [1.165, 1.54) is 38.3 Å². The lowest BCUT2D eigenvalue weighted by Gasteiger charge is -2.17. The largest absolute Gasteiger partial charge is 0.493 e. The number of aliphatic hydroxyl groups is 1. The van der Waals surface area contributed by atoms with Crippen LogP contribution < -0.4 is 14.8 Å². The van der Waals surface area contributed by atoms with Crippen LogP contribution in [-0.4, -0.2) is 39.2 Å². The third-order valence-corrected chi connectivity index (χ3v) is 6.46. The maximum absolute atomic E-state index is 13.3. The minimum absolute atomic E-state index is 0.0319. The quantitative estimate of drug-likeness (QED) is 0.514. The van der Waals surface area contributed by atoms with Crippen molar-refractivity contribution in [3.63, 3.8) is 0 Å². The number of hydrogen-bond acceptors (Lipinski definition) is 6. The molecule has 0 heterocycles. The van der Waals surface area contributed by atoms with Gasteiger partial charge in [0.05, 0.1) is 28.6 Å². The summed E-state index contributed by atoms with van der Waals surface area (Å²) in [6.07, 6.45) is -0.792. The third kappa shape index (κ3) is 5.46. The molecular weight excluding hydrogens is 430 g/mol. The molecule has 3 rings (SSSR count). The maximum Gasteiger partial charge on any atom is 0.252 e. The molecule has 0 aromatic heterocycles. The summed E-state index contributed by atoms with van der Waals surface area (Å²) in [5.74, 6) is -0.235. The Morgan fingerprint density at radius 1 is 1.00 bits per heavy atom. The summed E-state index contributed by atoms with van der Waals surface area (Å²) in [4.78, 5) is 12.7. The van der Waals surface area contributed by atoms with E-state index >= 15 is 0 Å². The number of carbonyl (C=O) groups excluding carboxylic acids is 1. The first-order valence-electron chi connectivity index (χ1n) is 9.98. The molecule has 0 aliphatic rings. The highest BCUT2D eigenvalue weighted by atomic mass is 32.2. The fourth-order valence-electron chi connectivity index (χ4n) is 3.01. The molecule has 168 valence electrons. The minimum Gasteiger partial charge on any atom is -0.493 e. The van der Waals surface area contributed by atoms with E-state index in [9.17, 15) is 18.3 Å². The predicted octanol–water partition coefficient (Wildman–Crippen LogP) is 3.22. The van der Waals surface area contributed by atoms with Gasteiger partial charge in [0.1, 0.15) is 6.61 Å². The molecule has 0 spiro atoms. The van der Waals surface area contributed by atoms with E-state index in [4.69, 9.17) is 9.47 Å². The molecular formula is C24H25NO6S. The molecule has 0 saturated heterocycles. The lowest BCUT2D eigenvalue weighted by Crippen LogP contribution is -2.31. The smallest absolute Gasteiger partial charge is 0.252 e. The minimum atomic E-state index is -4.03. The lowest BCUT2D eigenvalue weighted by molar-refractivity contribution is 0.0920. The van der Waals surface area contributed by atoms with Gasteiger partial charge in [0.2, 0.25) is 9.84 Å². The van der Waals surface area contributed by atoms with E-state index in [-0.39, 0.29) is 40.0 Å². The fraction of sp³-hybridized carbons (Fsp3) is 0.208. The van der Waals surface area contributed by atoms with Crippen LogP contribution >= 0.6 is 0 Å². The second-order valence-corrected chi connectivity index (χ2v) is 9.07. The summed E-state index contributed by atoms with van der Waals surface area (Å²) < 4.78 is 37.9. The Kier molecular flexibility index (Phi) is 7.50. The van der Waals surface area contributed by atoms with E-state index < -0.39 is 21.8 Å². The summed E-state index contributed by atoms with van der Waals surface area (Å²) in [7, 11) is -2.63. The van der Waals surface area contributed by atoms with Gasteiger partial charge < -0.3 is 19.9 Å². The zero-order valence-electron chi connectivity index (χ0n) is 17.8. The average Bonchev–Trinajstić information content (AvgIpc) is 2.81. The number of nitrogens with one attached hydrogen (secondary N) is 1. The van der Waals surface area contributed by atoms with Crippen LogP contribution in [0.15, 0.2) is 82.6 Å². The zero-order chi connectivity index (χ0) is 23.1. The Labute approximate surface area is 187 Å². The van der Waals surface area contributed by atoms with Crippen molar-refractivity contribution in [3.05, 3.63) is 83.9 Å². The van der Waals surface area contributed by atoms with Crippen LogP contribution in [0, 0.1) is 0 Å². The zero-order valence-corrected chi connectivity index (χ0v) is 18.6. The summed E-state index contributed by atoms with van der Waals surface area (Å²) in [6.45, 7) is 1.69. The average molecular weight is 456 g/mol. The number of carbonyl (C=O) groups is 1. The van der Waals surface area contributed by atoms with Crippen molar-refractivity contribution in [1.29, 1.82) is 0 Å². The van der Waals surface area contributed by atoms with Crippen molar-refractivity contribution in [1.82, 2.24) is 5.32 Å². The number of rotatable bonds is 9. The molecule has 1 unspecified atom stereocenters. The van der Waals surface area contributed by atoms with Gasteiger partial charge in [0.15, 0.2) is 11.5 Å². The van der Waals surface area contributed by atoms with Gasteiger partial charge in [-0.3, -0.25) is 4.79 Å². The number of sulfone groups is 1. The highest BCUT2D eigenvalue weighted by molar-refractivity contribution is 7.91. The summed E-state index contributed by atoms with van der Waals surface area (Å²) >= 11 is 0. The third-order valence-electron chi connectivity index (χ3n) is 4.65. The van der Waals surface area contributed by atoms with Gasteiger partial charge in [-0.15, -0.1) is 0 Å². The molecule has 1 amide bonds. The van der Waals surface area contributed by atoms with E-state index in [0.29, 0.717) is 0 Å². The van der Waals surface area contributed by atoms with Crippen molar-refractivity contribution in [3.8, 4) is 11.5 Å². The van der Waals surface area contributed by atoms with E-state index in [0.717, 1.165) is 5.56 Å². The van der Waals surface area contributed by atoms with Gasteiger partial charge in [0, 0.05) is 12.6 Å². The van der Waals surface area contributed by atoms with Gasteiger partial charge in [0.25, 0.3) is 5.91 Å². The molecule has 32 heavy (non-hydrogen) atoms. The molecule has 0 saturated carbocycles. The van der Waals surface area contributed by atoms with E-state index in [1.807, 2.05) is 30.3 Å². The highest BCUT2D eigenvalue weighted by Gasteiger charge is 2.27. The molecule has 8 heteroatoms. The molecule has 3 aromatic rings. The SMILES string of the molecule is COc1cc(S(=O)(=O)c2ccccc2)c(C(=O)NCC(C)O)cc1OCc1ccccc1. The molecule has 3 aromatic carbocycles. The molecule has 2 N–H and O–H groups in total. The van der Waals surface area contributed by atoms with Crippen LogP contribution in [-0.2, 0) is 16.4 Å². The van der Waals surface area contributed by atoms with Gasteiger partial charge in [-0.05, 0) is 30.7 Å². The highest BCUT2D eigenvalue weighted by Crippen LogP contribution is 2.36. The molecule has 0 radical (unpaired) electrons. The second-order valence-electron chi connectivity index (χ2n) is 7.15. The fourth-order valence-corrected chi connectivity index (χ4v) is 4.48. The molecule has 0 fully saturated rings. The molecule has 0 aliphatic carbocycles. The Bertz CT molecular complexity index is 1160. The van der Waals surface area contributed by atoms with E-state index in [1.54, 1.807) is 18.2 Å². The number of ether oxygens (including phenoxy) is 2. The monoisotopic (exact) mass is 455 g/mol. The van der Waals surface area contributed by atoms with Crippen molar-refractivity contribution < 1.29 is 27.8 Å². The maximum atomic E-state index is 13.3. The van der Waals surface area contributed by atoms with Gasteiger partial charge in [-0.1, -0.05) is 48.5 Å². The van der Waals surface area contributed by atoms with Gasteiger partial charge in [-0.25, -0.2) is 8.42 Å². The van der Waals surface area contributed by atoms with Crippen LogP contribution in [0.1, 0.15) is 22.8 Å². The topological polar surface area (TPSA) is 102 Å². The predicted molar refractivity (Wildman–Crippen MR) is 120 cm³/mol. The van der Waals surface area contributed by atoms with Crippen LogP contribution in [0.25, 0.3) is 0 Å². The van der Waals surface area contributed by atoms with Crippen molar-refractivity contribution in [2.75, 3.05) is 13.7 Å². The Morgan fingerprint density at radius 2 is 1.62 bits per heavy atom. The van der Waals surface area contributed by atoms with Crippen LogP contribution in [0.5, 0.6) is 11.5 Å².